The summed E-state index contributed by atoms with van der Waals surface area (Å²) in [7, 11) is 0. The van der Waals surface area contributed by atoms with Gasteiger partial charge in [0.15, 0.2) is 6.67 Å². The van der Waals surface area contributed by atoms with Gasteiger partial charge in [0.05, 0.1) is 19.3 Å². The maximum atomic E-state index is 4.23. The zero-order chi connectivity index (χ0) is 7.45. The van der Waals surface area contributed by atoms with Crippen LogP contribution in [0.1, 0.15) is 13.8 Å². The highest BCUT2D eigenvalue weighted by molar-refractivity contribution is 5.70. The second-order valence-corrected chi connectivity index (χ2v) is 2.67. The van der Waals surface area contributed by atoms with Crippen LogP contribution in [0, 0.1) is 0 Å². The predicted molar refractivity (Wildman–Crippen MR) is 43.8 cm³/mol. The quantitative estimate of drug-likeness (QED) is 0.513. The highest BCUT2D eigenvalue weighted by Crippen LogP contribution is 2.09. The van der Waals surface area contributed by atoms with Gasteiger partial charge in [0.1, 0.15) is 0 Å². The first kappa shape index (κ1) is 7.48. The summed E-state index contributed by atoms with van der Waals surface area (Å²) in [6, 6.07) is 0. The normalized spacial score (nSPS) is 21.4. The number of allylic oxidation sites excluding steroid dienone is 1. The van der Waals surface area contributed by atoms with Crippen LogP contribution in [0.2, 0.25) is 0 Å². The summed E-state index contributed by atoms with van der Waals surface area (Å²) in [6.45, 7) is 7.61. The Kier molecular flexibility index (Phi) is 2.22. The lowest BCUT2D eigenvalue weighted by Gasteiger charge is -2.31. The third kappa shape index (κ3) is 1.27. The van der Waals surface area contributed by atoms with Crippen molar-refractivity contribution in [1.82, 2.24) is 0 Å². The second-order valence-electron chi connectivity index (χ2n) is 2.67. The van der Waals surface area contributed by atoms with Crippen LogP contribution < -0.4 is 0 Å². The van der Waals surface area contributed by atoms with E-state index in [-0.39, 0.29) is 0 Å². The first-order valence-corrected chi connectivity index (χ1v) is 3.86. The fraction of sp³-hybridized carbons (Fsp3) is 0.625. The third-order valence-electron chi connectivity index (χ3n) is 2.22. The van der Waals surface area contributed by atoms with Gasteiger partial charge in [0, 0.05) is 12.3 Å². The first-order valence-electron chi connectivity index (χ1n) is 3.86. The van der Waals surface area contributed by atoms with E-state index in [1.165, 1.54) is 0 Å². The lowest BCUT2D eigenvalue weighted by molar-refractivity contribution is -0.875. The van der Waals surface area contributed by atoms with Crippen LogP contribution in [-0.2, 0) is 0 Å². The smallest absolute Gasteiger partial charge is 0.176 e. The van der Waals surface area contributed by atoms with Gasteiger partial charge in [-0.15, -0.1) is 0 Å². The Morgan fingerprint density at radius 3 is 2.40 bits per heavy atom. The van der Waals surface area contributed by atoms with Gasteiger partial charge < -0.3 is 0 Å². The Morgan fingerprint density at radius 1 is 1.40 bits per heavy atom. The molecule has 1 aliphatic rings. The molecule has 0 aliphatic carbocycles. The minimum absolute atomic E-state index is 0.920. The van der Waals surface area contributed by atoms with E-state index in [4.69, 9.17) is 0 Å². The highest BCUT2D eigenvalue weighted by Gasteiger charge is 2.19. The molecule has 10 heavy (non-hydrogen) atoms. The van der Waals surface area contributed by atoms with Crippen molar-refractivity contribution in [2.24, 2.45) is 4.99 Å². The van der Waals surface area contributed by atoms with E-state index in [1.54, 1.807) is 0 Å². The largest absolute Gasteiger partial charge is 0.279 e. The molecule has 0 radical (unpaired) electrons. The molecule has 0 aromatic carbocycles. The Bertz CT molecular complexity index is 155. The number of hydrogen-bond donors (Lipinski definition) is 0. The topological polar surface area (TPSA) is 12.4 Å². The van der Waals surface area contributed by atoms with E-state index in [0.29, 0.717) is 0 Å². The van der Waals surface area contributed by atoms with Gasteiger partial charge in [0.25, 0.3) is 0 Å². The summed E-state index contributed by atoms with van der Waals surface area (Å²) in [6.07, 6.45) is 6.14. The Balaban J connectivity index is 2.66. The van der Waals surface area contributed by atoms with E-state index in [9.17, 15) is 0 Å². The van der Waals surface area contributed by atoms with Crippen molar-refractivity contribution in [1.29, 1.82) is 0 Å². The molecule has 2 heteroatoms. The van der Waals surface area contributed by atoms with Crippen molar-refractivity contribution in [3.05, 3.63) is 12.3 Å². The summed E-state index contributed by atoms with van der Waals surface area (Å²) < 4.78 is 1.01. The molecule has 0 N–H and O–H groups in total. The van der Waals surface area contributed by atoms with E-state index in [0.717, 1.165) is 24.2 Å². The summed E-state index contributed by atoms with van der Waals surface area (Å²) in [5, 5.41) is 0. The monoisotopic (exact) mass is 139 g/mol. The van der Waals surface area contributed by atoms with Gasteiger partial charge in [-0.05, 0) is 13.8 Å². The molecule has 0 amide bonds. The molecular weight excluding hydrogens is 124 g/mol. The number of aliphatic imine (C=N–C) groups is 1. The first-order chi connectivity index (χ1) is 4.83. The molecule has 1 aliphatic heterocycles. The number of hydrogen-bond acceptors (Lipinski definition) is 1. The molecule has 0 bridgehead atoms. The fourth-order valence-corrected chi connectivity index (χ4v) is 1.17. The van der Waals surface area contributed by atoms with E-state index in [2.05, 4.69) is 25.0 Å². The minimum atomic E-state index is 0.920. The van der Waals surface area contributed by atoms with Gasteiger partial charge in [-0.1, -0.05) is 0 Å². The lowest BCUT2D eigenvalue weighted by atomic mass is 10.4. The molecular formula is C8H15N2+. The van der Waals surface area contributed by atoms with Gasteiger partial charge in [-0.3, -0.25) is 4.48 Å². The van der Waals surface area contributed by atoms with Crippen LogP contribution in [0.5, 0.6) is 0 Å². The highest BCUT2D eigenvalue weighted by atomic mass is 15.4. The maximum absolute atomic E-state index is 4.23. The van der Waals surface area contributed by atoms with Crippen LogP contribution in [0.3, 0.4) is 0 Å². The molecule has 2 nitrogen and oxygen atoms in total. The van der Waals surface area contributed by atoms with E-state index in [1.807, 2.05) is 12.3 Å². The molecule has 1 heterocycles. The average molecular weight is 139 g/mol. The third-order valence-corrected chi connectivity index (χ3v) is 2.22. The lowest BCUT2D eigenvalue weighted by Crippen LogP contribution is -2.43. The van der Waals surface area contributed by atoms with Crippen molar-refractivity contribution >= 4 is 6.21 Å². The molecule has 56 valence electrons. The van der Waals surface area contributed by atoms with Gasteiger partial charge in [-0.25, -0.2) is 4.99 Å². The molecule has 0 aromatic heterocycles. The Morgan fingerprint density at radius 2 is 2.10 bits per heavy atom. The van der Waals surface area contributed by atoms with Crippen molar-refractivity contribution in [3.63, 3.8) is 0 Å². The van der Waals surface area contributed by atoms with Crippen molar-refractivity contribution < 1.29 is 4.48 Å². The number of nitrogens with zero attached hydrogens (tertiary/aromatic N) is 2. The minimum Gasteiger partial charge on any atom is -0.279 e. The van der Waals surface area contributed by atoms with Crippen LogP contribution in [0.25, 0.3) is 0 Å². The van der Waals surface area contributed by atoms with E-state index >= 15 is 0 Å². The average Bonchev–Trinajstić information content (AvgIpc) is 2.06. The Labute approximate surface area is 62.5 Å². The van der Waals surface area contributed by atoms with Gasteiger partial charge in [-0.2, -0.15) is 0 Å². The summed E-state index contributed by atoms with van der Waals surface area (Å²) in [4.78, 5) is 4.23. The molecule has 0 unspecified atom stereocenters. The molecule has 1 rings (SSSR count). The molecule has 0 saturated carbocycles. The SMILES string of the molecule is CC[N+]1(CC)C=CC=NC1. The molecule has 0 atom stereocenters. The van der Waals surface area contributed by atoms with Crippen LogP contribution in [0.15, 0.2) is 17.3 Å². The Hall–Kier alpha value is -0.630. The van der Waals surface area contributed by atoms with Crippen LogP contribution in [0.4, 0.5) is 0 Å². The molecule has 0 aromatic rings. The zero-order valence-corrected chi connectivity index (χ0v) is 6.75. The van der Waals surface area contributed by atoms with Gasteiger partial charge in [0.2, 0.25) is 0 Å². The van der Waals surface area contributed by atoms with Gasteiger partial charge >= 0.3 is 0 Å². The van der Waals surface area contributed by atoms with Crippen LogP contribution in [-0.4, -0.2) is 30.5 Å². The summed E-state index contributed by atoms with van der Waals surface area (Å²) >= 11 is 0. The van der Waals surface area contributed by atoms with Crippen LogP contribution >= 0.6 is 0 Å². The molecule has 0 fully saturated rings. The summed E-state index contributed by atoms with van der Waals surface area (Å²) in [5.41, 5.74) is 0. The van der Waals surface area contributed by atoms with E-state index < -0.39 is 0 Å². The number of rotatable bonds is 2. The molecule has 0 saturated heterocycles. The zero-order valence-electron chi connectivity index (χ0n) is 6.75. The summed E-state index contributed by atoms with van der Waals surface area (Å²) in [5.74, 6) is 0. The van der Waals surface area contributed by atoms with Crippen molar-refractivity contribution in [3.8, 4) is 0 Å². The number of quaternary nitrogens is 1. The van der Waals surface area contributed by atoms with Crippen molar-refractivity contribution in [2.45, 2.75) is 13.8 Å². The molecule has 0 spiro atoms. The van der Waals surface area contributed by atoms with Crippen molar-refractivity contribution in [2.75, 3.05) is 19.8 Å². The maximum Gasteiger partial charge on any atom is 0.176 e. The fourth-order valence-electron chi connectivity index (χ4n) is 1.17. The standard InChI is InChI=1S/C8H15N2/c1-3-10(4-2)7-5-6-9-8-10/h5-7H,3-4,8H2,1-2H3/q+1. The second kappa shape index (κ2) is 2.97. The predicted octanol–water partition coefficient (Wildman–Crippen LogP) is 1.40.